The summed E-state index contributed by atoms with van der Waals surface area (Å²) in [6.45, 7) is 1.29. The van der Waals surface area contributed by atoms with Crippen molar-refractivity contribution in [1.82, 2.24) is 10.6 Å². The Kier molecular flexibility index (Phi) is 5.33. The minimum absolute atomic E-state index is 0.169. The Hall–Kier alpha value is -2.28. The maximum absolute atomic E-state index is 11.8. The lowest BCUT2D eigenvalue weighted by molar-refractivity contribution is -0.127. The zero-order chi connectivity index (χ0) is 15.3. The summed E-state index contributed by atoms with van der Waals surface area (Å²) < 4.78 is 4.83. The van der Waals surface area contributed by atoms with Crippen molar-refractivity contribution in [3.05, 3.63) is 28.8 Å². The fourth-order valence-electron chi connectivity index (χ4n) is 1.23. The molecule has 0 radical (unpaired) electrons. The summed E-state index contributed by atoms with van der Waals surface area (Å²) >= 11 is 5.70. The summed E-state index contributed by atoms with van der Waals surface area (Å²) in [6.07, 6.45) is -1.21. The minimum atomic E-state index is -1.21. The first-order chi connectivity index (χ1) is 9.35. The third-order valence-corrected chi connectivity index (χ3v) is 2.53. The van der Waals surface area contributed by atoms with E-state index in [1.54, 1.807) is 0 Å². The predicted molar refractivity (Wildman–Crippen MR) is 70.6 cm³/mol. The van der Waals surface area contributed by atoms with Crippen molar-refractivity contribution in [2.24, 2.45) is 0 Å². The van der Waals surface area contributed by atoms with Gasteiger partial charge >= 0.3 is 12.0 Å². The van der Waals surface area contributed by atoms with Crippen molar-refractivity contribution in [3.8, 4) is 5.75 Å². The topological polar surface area (TPSA) is 105 Å². The quantitative estimate of drug-likeness (QED) is 0.724. The number of urea groups is 1. The number of hydrogen-bond donors (Lipinski definition) is 3. The molecule has 0 saturated carbocycles. The number of amides is 3. The molecule has 0 fully saturated rings. The molecule has 1 rings (SSSR count). The van der Waals surface area contributed by atoms with Gasteiger partial charge in [0.05, 0.1) is 0 Å². The Morgan fingerprint density at radius 1 is 1.35 bits per heavy atom. The lowest BCUT2D eigenvalue weighted by Gasteiger charge is -2.13. The molecular weight excluding hydrogens is 288 g/mol. The normalized spacial score (nSPS) is 11.3. The van der Waals surface area contributed by atoms with Crippen LogP contribution < -0.4 is 10.6 Å². The second-order valence-electron chi connectivity index (χ2n) is 3.78. The number of aromatic hydroxyl groups is 1. The van der Waals surface area contributed by atoms with Gasteiger partial charge in [0, 0.05) is 12.1 Å². The second-order valence-corrected chi connectivity index (χ2v) is 4.21. The van der Waals surface area contributed by atoms with Crippen LogP contribution in [-0.4, -0.2) is 36.2 Å². The summed E-state index contributed by atoms with van der Waals surface area (Å²) in [4.78, 5) is 34.2. The van der Waals surface area contributed by atoms with Crippen LogP contribution in [0.5, 0.6) is 5.75 Å². The van der Waals surface area contributed by atoms with E-state index in [1.807, 2.05) is 5.32 Å². The van der Waals surface area contributed by atoms with Gasteiger partial charge in [-0.1, -0.05) is 11.6 Å². The number of benzene rings is 1. The molecule has 20 heavy (non-hydrogen) atoms. The van der Waals surface area contributed by atoms with Gasteiger partial charge in [0.15, 0.2) is 6.10 Å². The molecule has 3 N–H and O–H groups in total. The van der Waals surface area contributed by atoms with Crippen LogP contribution in [0.25, 0.3) is 0 Å². The van der Waals surface area contributed by atoms with E-state index in [-0.39, 0.29) is 16.3 Å². The summed E-state index contributed by atoms with van der Waals surface area (Å²) in [5.74, 6) is -2.04. The van der Waals surface area contributed by atoms with E-state index in [1.165, 1.54) is 32.2 Å². The van der Waals surface area contributed by atoms with E-state index in [0.717, 1.165) is 0 Å². The van der Waals surface area contributed by atoms with Crippen LogP contribution in [0.2, 0.25) is 5.02 Å². The molecule has 0 aromatic heterocycles. The molecule has 0 bridgehead atoms. The van der Waals surface area contributed by atoms with Gasteiger partial charge in [-0.25, -0.2) is 9.59 Å². The molecule has 0 unspecified atom stereocenters. The second kappa shape index (κ2) is 6.76. The maximum Gasteiger partial charge on any atom is 0.342 e. The van der Waals surface area contributed by atoms with Crippen molar-refractivity contribution in [1.29, 1.82) is 0 Å². The van der Waals surface area contributed by atoms with Crippen LogP contribution in [0.3, 0.4) is 0 Å². The SMILES string of the molecule is CNC(=O)NC(=O)[C@@H](C)OC(=O)c1cc(Cl)ccc1O. The van der Waals surface area contributed by atoms with E-state index in [0.29, 0.717) is 0 Å². The third-order valence-electron chi connectivity index (χ3n) is 2.30. The fraction of sp³-hybridized carbons (Fsp3) is 0.250. The Morgan fingerprint density at radius 3 is 2.60 bits per heavy atom. The third kappa shape index (κ3) is 4.13. The van der Waals surface area contributed by atoms with Crippen LogP contribution in [0.1, 0.15) is 17.3 Å². The first kappa shape index (κ1) is 15.8. The van der Waals surface area contributed by atoms with E-state index < -0.39 is 24.0 Å². The lowest BCUT2D eigenvalue weighted by Crippen LogP contribution is -2.43. The number of phenols is 1. The fourth-order valence-corrected chi connectivity index (χ4v) is 1.40. The number of ether oxygens (including phenoxy) is 1. The van der Waals surface area contributed by atoms with Crippen molar-refractivity contribution in [2.75, 3.05) is 7.05 Å². The first-order valence-corrected chi connectivity index (χ1v) is 5.95. The molecule has 0 spiro atoms. The van der Waals surface area contributed by atoms with E-state index >= 15 is 0 Å². The van der Waals surface area contributed by atoms with Crippen LogP contribution in [0.4, 0.5) is 4.79 Å². The summed E-state index contributed by atoms with van der Waals surface area (Å²) in [7, 11) is 1.34. The molecule has 0 heterocycles. The molecule has 0 aliphatic carbocycles. The molecule has 0 aliphatic heterocycles. The van der Waals surface area contributed by atoms with Gasteiger partial charge in [0.1, 0.15) is 11.3 Å². The zero-order valence-corrected chi connectivity index (χ0v) is 11.5. The van der Waals surface area contributed by atoms with Crippen LogP contribution >= 0.6 is 11.6 Å². The first-order valence-electron chi connectivity index (χ1n) is 5.57. The zero-order valence-electron chi connectivity index (χ0n) is 10.8. The molecule has 0 saturated heterocycles. The Balaban J connectivity index is 2.72. The highest BCUT2D eigenvalue weighted by Crippen LogP contribution is 2.22. The number of imide groups is 1. The highest BCUT2D eigenvalue weighted by molar-refractivity contribution is 6.31. The summed E-state index contributed by atoms with van der Waals surface area (Å²) in [5, 5.41) is 13.9. The standard InChI is InChI=1S/C12H13ClN2O5/c1-6(10(17)15-12(19)14-2)20-11(18)8-5-7(13)3-4-9(8)16/h3-6,16H,1-2H3,(H2,14,15,17,19)/t6-/m1/s1. The predicted octanol–water partition coefficient (Wildman–Crippen LogP) is 1.05. The van der Waals surface area contributed by atoms with E-state index in [2.05, 4.69) is 5.32 Å². The van der Waals surface area contributed by atoms with Crippen LogP contribution in [-0.2, 0) is 9.53 Å². The number of phenolic OH excluding ortho intramolecular Hbond substituents is 1. The molecule has 7 nitrogen and oxygen atoms in total. The Bertz CT molecular complexity index is 547. The highest BCUT2D eigenvalue weighted by Gasteiger charge is 2.22. The smallest absolute Gasteiger partial charge is 0.342 e. The number of halogens is 1. The molecule has 1 aromatic rings. The summed E-state index contributed by atoms with van der Waals surface area (Å²) in [5.41, 5.74) is -0.169. The van der Waals surface area contributed by atoms with Crippen LogP contribution in [0, 0.1) is 0 Å². The van der Waals surface area contributed by atoms with Gasteiger partial charge in [-0.2, -0.15) is 0 Å². The molecule has 3 amide bonds. The number of carbonyl (C=O) groups excluding carboxylic acids is 3. The molecular formula is C12H13ClN2O5. The average molecular weight is 301 g/mol. The number of rotatable bonds is 3. The molecule has 1 aromatic carbocycles. The van der Waals surface area contributed by atoms with Crippen molar-refractivity contribution >= 4 is 29.5 Å². The molecule has 8 heteroatoms. The minimum Gasteiger partial charge on any atom is -0.507 e. The van der Waals surface area contributed by atoms with Gasteiger partial charge in [-0.05, 0) is 25.1 Å². The largest absolute Gasteiger partial charge is 0.507 e. The molecule has 108 valence electrons. The van der Waals surface area contributed by atoms with Gasteiger partial charge in [-0.15, -0.1) is 0 Å². The van der Waals surface area contributed by atoms with Gasteiger partial charge in [0.2, 0.25) is 0 Å². The van der Waals surface area contributed by atoms with Crippen molar-refractivity contribution < 1.29 is 24.2 Å². The monoisotopic (exact) mass is 300 g/mol. The van der Waals surface area contributed by atoms with Crippen LogP contribution in [0.15, 0.2) is 18.2 Å². The van der Waals surface area contributed by atoms with Gasteiger partial charge < -0.3 is 15.2 Å². The highest BCUT2D eigenvalue weighted by atomic mass is 35.5. The van der Waals surface area contributed by atoms with Gasteiger partial charge in [-0.3, -0.25) is 10.1 Å². The number of nitrogens with one attached hydrogen (secondary N) is 2. The summed E-state index contributed by atoms with van der Waals surface area (Å²) in [6, 6.07) is 3.12. The average Bonchev–Trinajstić information content (AvgIpc) is 2.40. The van der Waals surface area contributed by atoms with E-state index in [4.69, 9.17) is 16.3 Å². The molecule has 1 atom stereocenters. The van der Waals surface area contributed by atoms with Gasteiger partial charge in [0.25, 0.3) is 5.91 Å². The maximum atomic E-state index is 11.8. The number of esters is 1. The Labute approximate surface area is 119 Å². The number of hydrogen-bond acceptors (Lipinski definition) is 5. The van der Waals surface area contributed by atoms with E-state index in [9.17, 15) is 19.5 Å². The number of carbonyl (C=O) groups is 3. The van der Waals surface area contributed by atoms with Crippen molar-refractivity contribution in [2.45, 2.75) is 13.0 Å². The Morgan fingerprint density at radius 2 is 2.00 bits per heavy atom. The lowest BCUT2D eigenvalue weighted by atomic mass is 10.2. The molecule has 0 aliphatic rings. The van der Waals surface area contributed by atoms with Crippen molar-refractivity contribution in [3.63, 3.8) is 0 Å².